The molecule has 2 bridgehead atoms. The Morgan fingerprint density at radius 1 is 0.789 bits per heavy atom. The summed E-state index contributed by atoms with van der Waals surface area (Å²) in [7, 11) is -11.4. The van der Waals surface area contributed by atoms with E-state index in [9.17, 15) is 69.1 Å². The molecule has 0 aromatic rings. The number of allylic oxidation sites excluding steroid dienone is 7. The first-order chi connectivity index (χ1) is 33.8. The molecular formula is C50H86O19P2. The van der Waals surface area contributed by atoms with Crippen molar-refractivity contribution < 1.29 is 92.2 Å². The van der Waals surface area contributed by atoms with Gasteiger partial charge in [0.25, 0.3) is 0 Å². The number of aliphatic hydroxyl groups is 7. The van der Waals surface area contributed by atoms with Gasteiger partial charge in [0.15, 0.2) is 6.10 Å². The van der Waals surface area contributed by atoms with E-state index in [1.54, 1.807) is 0 Å². The lowest BCUT2D eigenvalue weighted by molar-refractivity contribution is -0.165. The molecule has 2 rings (SSSR count). The molecule has 21 heteroatoms. The molecule has 0 saturated heterocycles. The van der Waals surface area contributed by atoms with Gasteiger partial charge in [-0.2, -0.15) is 0 Å². The monoisotopic (exact) mass is 1050 g/mol. The second-order valence-electron chi connectivity index (χ2n) is 18.5. The van der Waals surface area contributed by atoms with Gasteiger partial charge in [-0.05, 0) is 57.8 Å². The second-order valence-corrected chi connectivity index (χ2v) is 21.1. The molecule has 1 fully saturated rings. The van der Waals surface area contributed by atoms with E-state index in [2.05, 4.69) is 43.4 Å². The van der Waals surface area contributed by atoms with Gasteiger partial charge in [-0.1, -0.05) is 139 Å². The SMILES string of the molecule is CCCCCC/C=C\C/C=C\C/C=C\CCCCCCCCC(=O)OC[C@@H]1COP(=O)(O)O[C@H]2[C@H](O)[C@@H](O)[C@H](O)[C@H](C/C=C\CC(=O)O1)[C@@H](O)C[C@@H](O)[C@H](/C=C\[C@H](O)CCCCC)[C@@H](O)[C@H]2OP(=O)(O)O. The first-order valence-electron chi connectivity index (χ1n) is 25.6. The number of esters is 2. The Bertz CT molecular complexity index is 1720. The minimum atomic E-state index is -5.76. The lowest BCUT2D eigenvalue weighted by Crippen LogP contribution is -2.56. The van der Waals surface area contributed by atoms with Gasteiger partial charge >= 0.3 is 27.6 Å². The highest BCUT2D eigenvalue weighted by atomic mass is 31.2. The Hall–Kier alpha value is -2.42. The summed E-state index contributed by atoms with van der Waals surface area (Å²) in [5, 5.41) is 79.3. The lowest BCUT2D eigenvalue weighted by Gasteiger charge is -2.38. The molecule has 0 radical (unpaired) electrons. The smallest absolute Gasteiger partial charge is 0.462 e. The number of phosphoric ester groups is 2. The zero-order valence-corrected chi connectivity index (χ0v) is 43.5. The van der Waals surface area contributed by atoms with Crippen LogP contribution in [0.1, 0.15) is 155 Å². The van der Waals surface area contributed by atoms with Crippen molar-refractivity contribution in [3.8, 4) is 0 Å². The predicted octanol–water partition coefficient (Wildman–Crippen LogP) is 6.61. The third-order valence-corrected chi connectivity index (χ3v) is 13.9. The second kappa shape index (κ2) is 36.5. The van der Waals surface area contributed by atoms with Crippen LogP contribution in [0.2, 0.25) is 0 Å². The van der Waals surface area contributed by atoms with E-state index in [-0.39, 0.29) is 19.3 Å². The molecule has 1 saturated carbocycles. The van der Waals surface area contributed by atoms with Crippen molar-refractivity contribution in [2.24, 2.45) is 11.8 Å². The fourth-order valence-corrected chi connectivity index (χ4v) is 9.83. The molecule has 19 nitrogen and oxygen atoms in total. The minimum Gasteiger partial charge on any atom is -0.462 e. The van der Waals surface area contributed by atoms with Crippen LogP contribution in [-0.4, -0.2) is 137 Å². The Balaban J connectivity index is 2.13. The van der Waals surface area contributed by atoms with Crippen LogP contribution in [0.25, 0.3) is 0 Å². The molecule has 1 heterocycles. The van der Waals surface area contributed by atoms with E-state index >= 15 is 0 Å². The predicted molar refractivity (Wildman–Crippen MR) is 266 cm³/mol. The Morgan fingerprint density at radius 3 is 2.01 bits per heavy atom. The van der Waals surface area contributed by atoms with E-state index in [0.29, 0.717) is 12.8 Å². The standard InChI is InChI=1S/C50H86O19P2/c1-3-5-7-8-9-10-11-12-13-14-15-16-17-18-19-20-21-22-23-25-30-43(54)65-35-38-36-66-71(63,64)69-50-48(59)47(58)45(56)39(29-26-27-31-44(55)67-38)41(52)34-42(53)40(33-32-37(51)28-24-6-4-2)46(57)49(50)68-70(60,61)62/h10-11,13-14,16-17,26-27,32-33,37-42,45-53,56-59H,3-9,12,15,18-25,28-31,34-36H2,1-2H3,(H,63,64)(H2,60,61,62)/b11-10-,14-13-,17-16-,27-26-,33-32-/t37-,38-,39-,40+,41+,42-,45-,46-,47+,48-,49-,50+/m1/s1. The van der Waals surface area contributed by atoms with Gasteiger partial charge in [-0.25, -0.2) is 9.13 Å². The van der Waals surface area contributed by atoms with E-state index in [0.717, 1.165) is 76.7 Å². The topological polar surface area (TPSA) is 317 Å². The third kappa shape index (κ3) is 28.2. The van der Waals surface area contributed by atoms with Gasteiger partial charge in [-0.3, -0.25) is 23.2 Å². The van der Waals surface area contributed by atoms with Gasteiger partial charge in [-0.15, -0.1) is 0 Å². The summed E-state index contributed by atoms with van der Waals surface area (Å²) < 4.78 is 51.9. The first-order valence-corrected chi connectivity index (χ1v) is 28.6. The largest absolute Gasteiger partial charge is 0.472 e. The van der Waals surface area contributed by atoms with Crippen molar-refractivity contribution in [2.75, 3.05) is 13.2 Å². The fourth-order valence-electron chi connectivity index (χ4n) is 8.30. The summed E-state index contributed by atoms with van der Waals surface area (Å²) in [6, 6.07) is 0. The molecule has 0 spiro atoms. The van der Waals surface area contributed by atoms with E-state index in [4.69, 9.17) is 23.0 Å². The number of aliphatic hydroxyl groups excluding tert-OH is 7. The highest BCUT2D eigenvalue weighted by Gasteiger charge is 2.51. The zero-order valence-electron chi connectivity index (χ0n) is 41.7. The van der Waals surface area contributed by atoms with Gasteiger partial charge in [0, 0.05) is 24.7 Å². The lowest BCUT2D eigenvalue weighted by atomic mass is 9.83. The molecule has 0 aromatic heterocycles. The van der Waals surface area contributed by atoms with Crippen LogP contribution >= 0.6 is 15.6 Å². The zero-order chi connectivity index (χ0) is 52.7. The minimum absolute atomic E-state index is 0.0314. The van der Waals surface area contributed by atoms with Gasteiger partial charge in [0.05, 0.1) is 43.5 Å². The maximum absolute atomic E-state index is 13.6. The average molecular weight is 1050 g/mol. The number of hydrogen-bond acceptors (Lipinski definition) is 16. The van der Waals surface area contributed by atoms with Crippen molar-refractivity contribution in [1.82, 2.24) is 0 Å². The Labute approximate surface area is 420 Å². The fraction of sp³-hybridized carbons (Fsp3) is 0.760. The molecule has 2 aliphatic rings. The number of rotatable bonds is 28. The molecule has 0 aromatic carbocycles. The number of phosphoric acid groups is 2. The molecule has 0 amide bonds. The van der Waals surface area contributed by atoms with Crippen LogP contribution in [0, 0.1) is 11.8 Å². The highest BCUT2D eigenvalue weighted by Crippen LogP contribution is 2.50. The van der Waals surface area contributed by atoms with Crippen LogP contribution in [0.4, 0.5) is 0 Å². The number of hydrogen-bond donors (Lipinski definition) is 10. The normalized spacial score (nSPS) is 30.9. The first kappa shape index (κ1) is 64.7. The number of carbonyl (C=O) groups excluding carboxylic acids is 2. The number of ether oxygens (including phenoxy) is 2. The molecule has 1 aliphatic carbocycles. The van der Waals surface area contributed by atoms with E-state index in [1.165, 1.54) is 43.9 Å². The van der Waals surface area contributed by atoms with E-state index in [1.807, 2.05) is 6.92 Å². The number of unbranched alkanes of at least 4 members (excludes halogenated alkanes) is 12. The Morgan fingerprint density at radius 2 is 1.38 bits per heavy atom. The molecule has 71 heavy (non-hydrogen) atoms. The van der Waals surface area contributed by atoms with Crippen molar-refractivity contribution >= 4 is 27.6 Å². The molecule has 1 aliphatic heterocycles. The van der Waals surface area contributed by atoms with Crippen molar-refractivity contribution in [2.45, 2.75) is 216 Å². The Kier molecular flexibility index (Phi) is 33.3. The van der Waals surface area contributed by atoms with Crippen LogP contribution in [0.3, 0.4) is 0 Å². The molecule has 13 atom stereocenters. The van der Waals surface area contributed by atoms with Crippen LogP contribution in [0.15, 0.2) is 60.8 Å². The maximum atomic E-state index is 13.6. The number of fused-ring (bicyclic) bond motifs is 4. The number of carbonyl (C=O) groups is 2. The van der Waals surface area contributed by atoms with Crippen LogP contribution in [0.5, 0.6) is 0 Å². The van der Waals surface area contributed by atoms with Crippen LogP contribution in [-0.2, 0) is 41.8 Å². The summed E-state index contributed by atoms with van der Waals surface area (Å²) in [6.45, 7) is 2.53. The summed E-state index contributed by atoms with van der Waals surface area (Å²) in [4.78, 5) is 56.6. The average Bonchev–Trinajstić information content (AvgIpc) is 3.31. The molecule has 10 N–H and O–H groups in total. The van der Waals surface area contributed by atoms with Gasteiger partial charge < -0.3 is 59.9 Å². The molecular weight excluding hydrogens is 966 g/mol. The van der Waals surface area contributed by atoms with Crippen molar-refractivity contribution in [1.29, 1.82) is 0 Å². The highest BCUT2D eigenvalue weighted by molar-refractivity contribution is 7.47. The summed E-state index contributed by atoms with van der Waals surface area (Å²) in [5.41, 5.74) is 0. The quantitative estimate of drug-likeness (QED) is 0.0170. The maximum Gasteiger partial charge on any atom is 0.472 e. The molecule has 410 valence electrons. The van der Waals surface area contributed by atoms with Crippen molar-refractivity contribution in [3.05, 3.63) is 60.8 Å². The van der Waals surface area contributed by atoms with E-state index < -0.39 is 127 Å². The van der Waals surface area contributed by atoms with Crippen LogP contribution < -0.4 is 0 Å². The molecule has 1 unspecified atom stereocenters. The number of cyclic esters (lactones) is 1. The van der Waals surface area contributed by atoms with Gasteiger partial charge in [0.1, 0.15) is 31.0 Å². The summed E-state index contributed by atoms with van der Waals surface area (Å²) in [6.07, 6.45) is 12.4. The van der Waals surface area contributed by atoms with Gasteiger partial charge in [0.2, 0.25) is 0 Å². The summed E-state index contributed by atoms with van der Waals surface area (Å²) in [5.74, 6) is -4.75. The summed E-state index contributed by atoms with van der Waals surface area (Å²) >= 11 is 0. The third-order valence-electron chi connectivity index (χ3n) is 12.4. The van der Waals surface area contributed by atoms with Crippen molar-refractivity contribution in [3.63, 3.8) is 0 Å².